The number of pyridine rings is 1. The van der Waals surface area contributed by atoms with Crippen molar-refractivity contribution in [2.45, 2.75) is 38.6 Å². The number of nitrogens with one attached hydrogen (secondary N) is 1. The summed E-state index contributed by atoms with van der Waals surface area (Å²) < 4.78 is 1.93. The maximum atomic E-state index is 13.1. The van der Waals surface area contributed by atoms with Crippen LogP contribution in [-0.2, 0) is 12.0 Å². The highest BCUT2D eigenvalue weighted by molar-refractivity contribution is 5.93. The number of hydrogen-bond donors (Lipinski definition) is 1. The highest BCUT2D eigenvalue weighted by atomic mass is 16.2. The molecule has 3 aromatic rings. The van der Waals surface area contributed by atoms with Crippen LogP contribution in [0.1, 0.15) is 47.2 Å². The molecule has 1 amide bonds. The molecule has 1 fully saturated rings. The predicted octanol–water partition coefficient (Wildman–Crippen LogP) is 2.38. The van der Waals surface area contributed by atoms with Gasteiger partial charge in [-0.15, -0.1) is 0 Å². The Morgan fingerprint density at radius 2 is 2.04 bits per heavy atom. The number of aryl methyl sites for hydroxylation is 1. The number of carbonyl (C=O) groups is 1. The summed E-state index contributed by atoms with van der Waals surface area (Å²) in [6.07, 6.45) is 8.52. The number of carbonyl (C=O) groups excluding carboxylic acids is 1. The summed E-state index contributed by atoms with van der Waals surface area (Å²) in [5, 5.41) is 0. The van der Waals surface area contributed by atoms with E-state index in [9.17, 15) is 4.79 Å². The third kappa shape index (κ3) is 2.57. The first-order valence-corrected chi connectivity index (χ1v) is 10.1. The Bertz CT molecular complexity index is 1030. The molecule has 1 N–H and O–H groups in total. The fraction of sp³-hybridized carbons (Fsp3) is 0.476. The second-order valence-corrected chi connectivity index (χ2v) is 7.98. The number of hydrogen-bond acceptors (Lipinski definition) is 4. The van der Waals surface area contributed by atoms with Gasteiger partial charge < -0.3 is 14.3 Å². The minimum atomic E-state index is -0.0465. The Morgan fingerprint density at radius 1 is 1.21 bits per heavy atom. The molecule has 0 saturated carbocycles. The first-order chi connectivity index (χ1) is 13.6. The quantitative estimate of drug-likeness (QED) is 0.743. The molecule has 0 bridgehead atoms. The van der Waals surface area contributed by atoms with Gasteiger partial charge in [0, 0.05) is 44.1 Å². The maximum absolute atomic E-state index is 13.1. The number of piperidine rings is 1. The molecule has 2 aliphatic heterocycles. The first-order valence-electron chi connectivity index (χ1n) is 10.1. The average Bonchev–Trinajstić information content (AvgIpc) is 3.35. The van der Waals surface area contributed by atoms with Crippen LogP contribution in [-0.4, -0.2) is 61.2 Å². The zero-order valence-electron chi connectivity index (χ0n) is 16.5. The predicted molar refractivity (Wildman–Crippen MR) is 106 cm³/mol. The molecule has 5 rings (SSSR count). The van der Waals surface area contributed by atoms with Crippen molar-refractivity contribution in [1.29, 1.82) is 0 Å². The fourth-order valence-corrected chi connectivity index (χ4v) is 4.98. The lowest BCUT2D eigenvalue weighted by Crippen LogP contribution is -2.57. The Hall–Kier alpha value is -2.67. The normalized spacial score (nSPS) is 19.3. The van der Waals surface area contributed by atoms with E-state index in [0.717, 1.165) is 56.7 Å². The van der Waals surface area contributed by atoms with Crippen molar-refractivity contribution in [2.75, 3.05) is 26.2 Å². The monoisotopic (exact) mass is 378 g/mol. The van der Waals surface area contributed by atoms with Gasteiger partial charge in [0.2, 0.25) is 0 Å². The Balaban J connectivity index is 1.38. The van der Waals surface area contributed by atoms with Crippen LogP contribution in [0.2, 0.25) is 0 Å². The summed E-state index contributed by atoms with van der Waals surface area (Å²) in [6, 6.07) is 3.97. The van der Waals surface area contributed by atoms with Crippen molar-refractivity contribution >= 4 is 11.6 Å². The van der Waals surface area contributed by atoms with Crippen LogP contribution in [0.5, 0.6) is 0 Å². The summed E-state index contributed by atoms with van der Waals surface area (Å²) in [7, 11) is 0. The molecule has 5 heterocycles. The van der Waals surface area contributed by atoms with E-state index in [1.807, 2.05) is 47.1 Å². The second-order valence-electron chi connectivity index (χ2n) is 7.98. The van der Waals surface area contributed by atoms with Gasteiger partial charge in [0.1, 0.15) is 11.3 Å². The molecule has 1 spiro atoms. The van der Waals surface area contributed by atoms with Crippen molar-refractivity contribution in [3.05, 3.63) is 53.5 Å². The molecular formula is C21H26N6O. The number of fused-ring (bicyclic) bond motifs is 3. The Labute approximate surface area is 164 Å². The van der Waals surface area contributed by atoms with Gasteiger partial charge >= 0.3 is 0 Å². The molecular weight excluding hydrogens is 352 g/mol. The second kappa shape index (κ2) is 6.44. The van der Waals surface area contributed by atoms with Crippen LogP contribution in [0.3, 0.4) is 0 Å². The molecule has 0 atom stereocenters. The van der Waals surface area contributed by atoms with E-state index >= 15 is 0 Å². The highest BCUT2D eigenvalue weighted by Gasteiger charge is 2.46. The summed E-state index contributed by atoms with van der Waals surface area (Å²) in [5.41, 5.74) is 4.90. The molecule has 7 heteroatoms. The number of aromatic nitrogens is 4. The van der Waals surface area contributed by atoms with Crippen molar-refractivity contribution in [3.63, 3.8) is 0 Å². The zero-order valence-corrected chi connectivity index (χ0v) is 16.5. The van der Waals surface area contributed by atoms with Gasteiger partial charge in [-0.2, -0.15) is 0 Å². The number of nitrogens with zero attached hydrogens (tertiary/aromatic N) is 5. The third-order valence-electron chi connectivity index (χ3n) is 6.47. The maximum Gasteiger partial charge on any atom is 0.274 e. The summed E-state index contributed by atoms with van der Waals surface area (Å²) in [5.74, 6) is 0.0253. The van der Waals surface area contributed by atoms with E-state index in [1.165, 1.54) is 11.4 Å². The van der Waals surface area contributed by atoms with Gasteiger partial charge in [-0.1, -0.05) is 13.0 Å². The van der Waals surface area contributed by atoms with Gasteiger partial charge in [-0.05, 0) is 37.9 Å². The van der Waals surface area contributed by atoms with Crippen LogP contribution in [0, 0.1) is 6.92 Å². The van der Waals surface area contributed by atoms with Crippen molar-refractivity contribution < 1.29 is 4.79 Å². The number of aromatic amines is 1. The Kier molecular flexibility index (Phi) is 4.01. The average molecular weight is 378 g/mol. The molecule has 146 valence electrons. The molecule has 7 nitrogen and oxygen atoms in total. The summed E-state index contributed by atoms with van der Waals surface area (Å²) in [4.78, 5) is 30.1. The number of H-pyrrole nitrogens is 1. The van der Waals surface area contributed by atoms with Crippen LogP contribution in [0.4, 0.5) is 0 Å². The lowest BCUT2D eigenvalue weighted by atomic mass is 9.78. The van der Waals surface area contributed by atoms with Gasteiger partial charge in [-0.3, -0.25) is 9.69 Å². The van der Waals surface area contributed by atoms with E-state index in [-0.39, 0.29) is 11.4 Å². The van der Waals surface area contributed by atoms with Crippen molar-refractivity contribution in [2.24, 2.45) is 0 Å². The molecule has 0 radical (unpaired) electrons. The summed E-state index contributed by atoms with van der Waals surface area (Å²) in [6.45, 7) is 7.77. The summed E-state index contributed by atoms with van der Waals surface area (Å²) >= 11 is 0. The van der Waals surface area contributed by atoms with E-state index in [1.54, 1.807) is 0 Å². The van der Waals surface area contributed by atoms with E-state index in [2.05, 4.69) is 26.8 Å². The van der Waals surface area contributed by atoms with Gasteiger partial charge in [0.15, 0.2) is 0 Å². The number of likely N-dealkylation sites (tertiary alicyclic amines) is 1. The number of amides is 1. The lowest BCUT2D eigenvalue weighted by molar-refractivity contribution is 0.0101. The van der Waals surface area contributed by atoms with Crippen LogP contribution in [0.15, 0.2) is 30.9 Å². The van der Waals surface area contributed by atoms with Gasteiger partial charge in [0.05, 0.1) is 17.6 Å². The molecule has 0 aromatic carbocycles. The molecule has 0 aliphatic carbocycles. The topological polar surface area (TPSA) is 69.5 Å². The van der Waals surface area contributed by atoms with Crippen molar-refractivity contribution in [3.8, 4) is 0 Å². The van der Waals surface area contributed by atoms with Crippen LogP contribution >= 0.6 is 0 Å². The van der Waals surface area contributed by atoms with E-state index in [0.29, 0.717) is 5.69 Å². The zero-order chi connectivity index (χ0) is 19.3. The number of likely N-dealkylation sites (N-methyl/N-ethyl adjacent to an activating group) is 1. The van der Waals surface area contributed by atoms with E-state index < -0.39 is 0 Å². The van der Waals surface area contributed by atoms with Crippen LogP contribution in [0.25, 0.3) is 5.65 Å². The number of imidazole rings is 2. The van der Waals surface area contributed by atoms with Crippen molar-refractivity contribution in [1.82, 2.24) is 29.2 Å². The highest BCUT2D eigenvalue weighted by Crippen LogP contribution is 2.42. The van der Waals surface area contributed by atoms with E-state index in [4.69, 9.17) is 0 Å². The third-order valence-corrected chi connectivity index (χ3v) is 6.47. The minimum absolute atomic E-state index is 0.0253. The molecule has 3 aromatic heterocycles. The SMILES string of the molecule is CCN1CCc2[nH]cnc2C12CCN(C(=O)c1cn3cc(C)ccc3n1)CC2. The molecule has 2 aliphatic rings. The standard InChI is InChI=1S/C21H26N6O/c1-3-27-9-6-16-19(23-14-22-16)21(27)7-10-25(11-8-21)20(28)17-13-26-12-15(2)4-5-18(26)24-17/h4-5,12-14H,3,6-11H2,1-2H3,(H,22,23). The van der Waals surface area contributed by atoms with Crippen LogP contribution < -0.4 is 0 Å². The van der Waals surface area contributed by atoms with Gasteiger partial charge in [0.25, 0.3) is 5.91 Å². The molecule has 28 heavy (non-hydrogen) atoms. The smallest absolute Gasteiger partial charge is 0.274 e. The minimum Gasteiger partial charge on any atom is -0.348 e. The fourth-order valence-electron chi connectivity index (χ4n) is 4.98. The first kappa shape index (κ1) is 17.4. The molecule has 1 saturated heterocycles. The Morgan fingerprint density at radius 3 is 2.82 bits per heavy atom. The molecule has 0 unspecified atom stereocenters. The largest absolute Gasteiger partial charge is 0.348 e. The van der Waals surface area contributed by atoms with Gasteiger partial charge in [-0.25, -0.2) is 9.97 Å². The lowest BCUT2D eigenvalue weighted by Gasteiger charge is -2.50. The number of rotatable bonds is 2.